The second-order valence-electron chi connectivity index (χ2n) is 4.08. The predicted molar refractivity (Wildman–Crippen MR) is 58.9 cm³/mol. The lowest BCUT2D eigenvalue weighted by molar-refractivity contribution is 0.574. The Morgan fingerprint density at radius 2 is 1.88 bits per heavy atom. The zero-order valence-corrected chi connectivity index (χ0v) is 9.63. The maximum absolute atomic E-state index is 12.6. The molecule has 0 amide bonds. The van der Waals surface area contributed by atoms with Crippen LogP contribution in [0.3, 0.4) is 0 Å². The van der Waals surface area contributed by atoms with E-state index in [9.17, 15) is 12.8 Å². The summed E-state index contributed by atoms with van der Waals surface area (Å²) < 4.78 is 38.6. The first-order valence-corrected chi connectivity index (χ1v) is 6.81. The van der Waals surface area contributed by atoms with Crippen LogP contribution in [0.1, 0.15) is 19.3 Å². The van der Waals surface area contributed by atoms with Gasteiger partial charge in [0.1, 0.15) is 5.82 Å². The summed E-state index contributed by atoms with van der Waals surface area (Å²) in [5.41, 5.74) is 0. The van der Waals surface area contributed by atoms with Crippen LogP contribution in [0.5, 0.6) is 0 Å². The van der Waals surface area contributed by atoms with Crippen LogP contribution in [0.2, 0.25) is 0 Å². The zero-order valence-electron chi connectivity index (χ0n) is 8.82. The van der Waals surface area contributed by atoms with Gasteiger partial charge in [-0.15, -0.1) is 0 Å². The Balaban J connectivity index is 1.97. The average molecular weight is 243 g/mol. The van der Waals surface area contributed by atoms with Gasteiger partial charge in [0.05, 0.1) is 4.90 Å². The highest BCUT2D eigenvalue weighted by Crippen LogP contribution is 2.31. The number of halogens is 1. The molecule has 1 fully saturated rings. The zero-order chi connectivity index (χ0) is 11.6. The Hall–Kier alpha value is -0.940. The van der Waals surface area contributed by atoms with Gasteiger partial charge < -0.3 is 0 Å². The smallest absolute Gasteiger partial charge is 0.211 e. The van der Waals surface area contributed by atoms with Gasteiger partial charge >= 0.3 is 0 Å². The number of nitrogens with one attached hydrogen (secondary N) is 1. The first-order valence-electron chi connectivity index (χ1n) is 5.33. The third-order valence-electron chi connectivity index (χ3n) is 2.67. The highest BCUT2D eigenvalue weighted by Gasteiger charge is 2.21. The van der Waals surface area contributed by atoms with E-state index < -0.39 is 15.8 Å². The molecule has 1 aromatic carbocycles. The molecule has 0 saturated heterocycles. The van der Waals surface area contributed by atoms with E-state index in [2.05, 4.69) is 4.72 Å². The fraction of sp³-hybridized carbons (Fsp3) is 0.455. The molecule has 0 atom stereocenters. The van der Waals surface area contributed by atoms with Crippen LogP contribution in [-0.2, 0) is 10.0 Å². The third kappa shape index (κ3) is 3.02. The summed E-state index contributed by atoms with van der Waals surface area (Å²) in [5, 5.41) is 0. The minimum atomic E-state index is -3.46. The van der Waals surface area contributed by atoms with Crippen molar-refractivity contribution in [1.29, 1.82) is 0 Å². The molecule has 88 valence electrons. The lowest BCUT2D eigenvalue weighted by atomic mass is 10.3. The Morgan fingerprint density at radius 1 is 1.25 bits per heavy atom. The summed E-state index contributed by atoms with van der Waals surface area (Å²) in [7, 11) is -3.46. The van der Waals surface area contributed by atoms with Gasteiger partial charge in [0.25, 0.3) is 0 Å². The number of hydrogen-bond acceptors (Lipinski definition) is 2. The quantitative estimate of drug-likeness (QED) is 0.858. The Kier molecular flexibility index (Phi) is 3.25. The SMILES string of the molecule is O=S(=O)(NCCC1CC1)c1ccc(F)cc1. The standard InChI is InChI=1S/C11H14FNO2S/c12-10-3-5-11(6-4-10)16(14,15)13-8-7-9-1-2-9/h3-6,9,13H,1-2,7-8H2. The number of benzene rings is 1. The normalized spacial score (nSPS) is 16.3. The predicted octanol–water partition coefficient (Wildman–Crippen LogP) is 1.90. The monoisotopic (exact) mass is 243 g/mol. The van der Waals surface area contributed by atoms with Crippen LogP contribution in [0.15, 0.2) is 29.2 Å². The highest BCUT2D eigenvalue weighted by atomic mass is 32.2. The van der Waals surface area contributed by atoms with Gasteiger partial charge in [0.2, 0.25) is 10.0 Å². The van der Waals surface area contributed by atoms with E-state index in [0.29, 0.717) is 12.5 Å². The van der Waals surface area contributed by atoms with Crippen molar-refractivity contribution in [2.24, 2.45) is 5.92 Å². The van der Waals surface area contributed by atoms with Crippen LogP contribution >= 0.6 is 0 Å². The molecule has 0 radical (unpaired) electrons. The maximum atomic E-state index is 12.6. The van der Waals surface area contributed by atoms with Crippen molar-refractivity contribution in [2.75, 3.05) is 6.54 Å². The molecule has 0 spiro atoms. The summed E-state index contributed by atoms with van der Waals surface area (Å²) in [4.78, 5) is 0.115. The first-order chi connectivity index (χ1) is 7.58. The van der Waals surface area contributed by atoms with Gasteiger partial charge in [-0.3, -0.25) is 0 Å². The second-order valence-corrected chi connectivity index (χ2v) is 5.85. The Bertz CT molecular complexity index is 451. The van der Waals surface area contributed by atoms with Crippen LogP contribution in [0.4, 0.5) is 4.39 Å². The highest BCUT2D eigenvalue weighted by molar-refractivity contribution is 7.89. The summed E-state index contributed by atoms with van der Waals surface area (Å²) in [6.45, 7) is 0.463. The summed E-state index contributed by atoms with van der Waals surface area (Å²) in [5.74, 6) is 0.257. The fourth-order valence-corrected chi connectivity index (χ4v) is 2.55. The van der Waals surface area contributed by atoms with Crippen molar-refractivity contribution in [1.82, 2.24) is 4.72 Å². The van der Waals surface area contributed by atoms with E-state index in [1.165, 1.54) is 25.0 Å². The van der Waals surface area contributed by atoms with Gasteiger partial charge in [-0.2, -0.15) is 0 Å². The molecule has 1 aliphatic carbocycles. The van der Waals surface area contributed by atoms with Crippen molar-refractivity contribution in [3.63, 3.8) is 0 Å². The molecule has 1 N–H and O–H groups in total. The number of rotatable bonds is 5. The van der Waals surface area contributed by atoms with Crippen LogP contribution in [0, 0.1) is 11.7 Å². The molecule has 2 rings (SSSR count). The van der Waals surface area contributed by atoms with Crippen LogP contribution in [-0.4, -0.2) is 15.0 Å². The molecule has 0 heterocycles. The molecule has 0 aliphatic heterocycles. The van der Waals surface area contributed by atoms with Crippen molar-refractivity contribution >= 4 is 10.0 Å². The van der Waals surface area contributed by atoms with Crippen molar-refractivity contribution in [3.05, 3.63) is 30.1 Å². The summed E-state index contributed by atoms with van der Waals surface area (Å²) in [6, 6.07) is 4.84. The van der Waals surface area contributed by atoms with Crippen molar-refractivity contribution in [2.45, 2.75) is 24.2 Å². The molecular formula is C11H14FNO2S. The van der Waals surface area contributed by atoms with E-state index in [0.717, 1.165) is 18.6 Å². The molecule has 1 aliphatic rings. The Morgan fingerprint density at radius 3 is 2.44 bits per heavy atom. The van der Waals surface area contributed by atoms with E-state index in [4.69, 9.17) is 0 Å². The maximum Gasteiger partial charge on any atom is 0.240 e. The fourth-order valence-electron chi connectivity index (χ4n) is 1.50. The molecule has 16 heavy (non-hydrogen) atoms. The molecule has 5 heteroatoms. The van der Waals surface area contributed by atoms with Crippen molar-refractivity contribution < 1.29 is 12.8 Å². The third-order valence-corrected chi connectivity index (χ3v) is 4.14. The minimum Gasteiger partial charge on any atom is -0.211 e. The van der Waals surface area contributed by atoms with Crippen LogP contribution < -0.4 is 4.72 Å². The molecule has 0 aromatic heterocycles. The van der Waals surface area contributed by atoms with Gasteiger partial charge in [-0.1, -0.05) is 12.8 Å². The van der Waals surface area contributed by atoms with Gasteiger partial charge in [-0.25, -0.2) is 17.5 Å². The average Bonchev–Trinajstić information content (AvgIpc) is 3.02. The molecule has 1 saturated carbocycles. The lowest BCUT2D eigenvalue weighted by Crippen LogP contribution is -2.25. The molecule has 3 nitrogen and oxygen atoms in total. The molecule has 1 aromatic rings. The molecular weight excluding hydrogens is 229 g/mol. The number of sulfonamides is 1. The molecule has 0 bridgehead atoms. The minimum absolute atomic E-state index is 0.115. The van der Waals surface area contributed by atoms with E-state index >= 15 is 0 Å². The topological polar surface area (TPSA) is 46.2 Å². The summed E-state index contributed by atoms with van der Waals surface area (Å²) in [6.07, 6.45) is 3.30. The Labute approximate surface area is 94.7 Å². The first kappa shape index (κ1) is 11.5. The lowest BCUT2D eigenvalue weighted by Gasteiger charge is -2.05. The van der Waals surface area contributed by atoms with E-state index in [1.54, 1.807) is 0 Å². The van der Waals surface area contributed by atoms with Gasteiger partial charge in [0.15, 0.2) is 0 Å². The second kappa shape index (κ2) is 4.51. The van der Waals surface area contributed by atoms with E-state index in [1.807, 2.05) is 0 Å². The van der Waals surface area contributed by atoms with E-state index in [-0.39, 0.29) is 4.90 Å². The van der Waals surface area contributed by atoms with Crippen molar-refractivity contribution in [3.8, 4) is 0 Å². The van der Waals surface area contributed by atoms with Gasteiger partial charge in [-0.05, 0) is 36.6 Å². The van der Waals surface area contributed by atoms with Crippen LogP contribution in [0.25, 0.3) is 0 Å². The number of hydrogen-bond donors (Lipinski definition) is 1. The summed E-state index contributed by atoms with van der Waals surface area (Å²) >= 11 is 0. The largest absolute Gasteiger partial charge is 0.240 e. The van der Waals surface area contributed by atoms with Gasteiger partial charge in [0, 0.05) is 6.54 Å². The molecule has 0 unspecified atom stereocenters.